The Kier molecular flexibility index (Phi) is 0.886. The van der Waals surface area contributed by atoms with Crippen LogP contribution in [0, 0.1) is 0 Å². The van der Waals surface area contributed by atoms with E-state index in [0.717, 1.165) is 6.54 Å². The van der Waals surface area contributed by atoms with Crippen LogP contribution in [0.5, 0.6) is 0 Å². The van der Waals surface area contributed by atoms with Crippen LogP contribution in [-0.4, -0.2) is 17.6 Å². The molecule has 1 atom stereocenters. The first-order valence-corrected chi connectivity index (χ1v) is 3.08. The normalized spacial score (nSPS) is 29.3. The number of hydrazine groups is 1. The molecular formula is C6H9N3. The van der Waals surface area contributed by atoms with Crippen molar-refractivity contribution in [1.82, 2.24) is 15.8 Å². The van der Waals surface area contributed by atoms with Crippen LogP contribution in [0.1, 0.15) is 0 Å². The van der Waals surface area contributed by atoms with E-state index in [1.54, 1.807) is 0 Å². The molecule has 48 valence electrons. The van der Waals surface area contributed by atoms with E-state index in [2.05, 4.69) is 21.8 Å². The van der Waals surface area contributed by atoms with E-state index in [4.69, 9.17) is 0 Å². The molecule has 0 spiro atoms. The standard InChI is InChI=1S/C6H9N3/c1-2-8-9-4-3-7-5-6(1)9/h1-4,6-8H,5H2. The summed E-state index contributed by atoms with van der Waals surface area (Å²) < 4.78 is 0. The van der Waals surface area contributed by atoms with Crippen LogP contribution < -0.4 is 10.7 Å². The zero-order valence-corrected chi connectivity index (χ0v) is 5.04. The molecule has 2 rings (SSSR count). The van der Waals surface area contributed by atoms with Gasteiger partial charge in [-0.3, -0.25) is 5.01 Å². The summed E-state index contributed by atoms with van der Waals surface area (Å²) in [6.07, 6.45) is 8.03. The molecule has 0 fully saturated rings. The van der Waals surface area contributed by atoms with Crippen LogP contribution in [0.2, 0.25) is 0 Å². The summed E-state index contributed by atoms with van der Waals surface area (Å²) in [6.45, 7) is 1.00. The quantitative estimate of drug-likeness (QED) is 0.465. The Bertz CT molecular complexity index is 162. The molecule has 3 nitrogen and oxygen atoms in total. The summed E-state index contributed by atoms with van der Waals surface area (Å²) in [4.78, 5) is 0. The fourth-order valence-corrected chi connectivity index (χ4v) is 1.07. The zero-order chi connectivity index (χ0) is 6.10. The Morgan fingerprint density at radius 3 is 3.33 bits per heavy atom. The van der Waals surface area contributed by atoms with Crippen LogP contribution in [-0.2, 0) is 0 Å². The maximum Gasteiger partial charge on any atom is 0.0867 e. The van der Waals surface area contributed by atoms with E-state index in [0.29, 0.717) is 6.04 Å². The van der Waals surface area contributed by atoms with Crippen molar-refractivity contribution < 1.29 is 0 Å². The first-order chi connectivity index (χ1) is 4.47. The summed E-state index contributed by atoms with van der Waals surface area (Å²) in [6, 6.07) is 0.509. The lowest BCUT2D eigenvalue weighted by Crippen LogP contribution is -2.41. The van der Waals surface area contributed by atoms with Crippen molar-refractivity contribution in [2.45, 2.75) is 6.04 Å². The molecule has 0 saturated heterocycles. The lowest BCUT2D eigenvalue weighted by Gasteiger charge is -2.25. The molecule has 0 aromatic heterocycles. The van der Waals surface area contributed by atoms with Crippen molar-refractivity contribution in [3.63, 3.8) is 0 Å². The molecular weight excluding hydrogens is 114 g/mol. The lowest BCUT2D eigenvalue weighted by molar-refractivity contribution is 0.274. The maximum absolute atomic E-state index is 3.14. The molecule has 2 aliphatic heterocycles. The fourth-order valence-electron chi connectivity index (χ4n) is 1.07. The van der Waals surface area contributed by atoms with Gasteiger partial charge in [0.15, 0.2) is 0 Å². The van der Waals surface area contributed by atoms with Gasteiger partial charge in [0.2, 0.25) is 0 Å². The Morgan fingerprint density at radius 1 is 1.44 bits per heavy atom. The van der Waals surface area contributed by atoms with Gasteiger partial charge in [-0.25, -0.2) is 0 Å². The summed E-state index contributed by atoms with van der Waals surface area (Å²) >= 11 is 0. The molecule has 2 N–H and O–H groups in total. The van der Waals surface area contributed by atoms with Crippen LogP contribution >= 0.6 is 0 Å². The fraction of sp³-hybridized carbons (Fsp3) is 0.333. The lowest BCUT2D eigenvalue weighted by atomic mass is 10.3. The largest absolute Gasteiger partial charge is 0.387 e. The van der Waals surface area contributed by atoms with Gasteiger partial charge >= 0.3 is 0 Å². The van der Waals surface area contributed by atoms with Gasteiger partial charge in [-0.1, -0.05) is 0 Å². The predicted octanol–water partition coefficient (Wildman–Crippen LogP) is -0.237. The first-order valence-electron chi connectivity index (χ1n) is 3.08. The highest BCUT2D eigenvalue weighted by Gasteiger charge is 2.17. The highest BCUT2D eigenvalue weighted by molar-refractivity contribution is 5.06. The molecule has 2 aliphatic rings. The predicted molar refractivity (Wildman–Crippen MR) is 35.0 cm³/mol. The molecule has 0 aromatic carbocycles. The Hall–Kier alpha value is -1.12. The number of hydrogen-bond donors (Lipinski definition) is 2. The molecule has 0 bridgehead atoms. The molecule has 1 unspecified atom stereocenters. The van der Waals surface area contributed by atoms with Gasteiger partial charge < -0.3 is 10.7 Å². The minimum absolute atomic E-state index is 0.509. The smallest absolute Gasteiger partial charge is 0.0867 e. The monoisotopic (exact) mass is 123 g/mol. The number of nitrogens with one attached hydrogen (secondary N) is 2. The number of rotatable bonds is 0. The molecule has 0 amide bonds. The van der Waals surface area contributed by atoms with Crippen molar-refractivity contribution >= 4 is 0 Å². The van der Waals surface area contributed by atoms with Crippen molar-refractivity contribution in [2.24, 2.45) is 0 Å². The molecule has 0 aliphatic carbocycles. The number of fused-ring (bicyclic) bond motifs is 1. The summed E-state index contributed by atoms with van der Waals surface area (Å²) in [5.41, 5.74) is 3.08. The topological polar surface area (TPSA) is 27.3 Å². The molecule has 0 aromatic rings. The van der Waals surface area contributed by atoms with Gasteiger partial charge in [0, 0.05) is 25.1 Å². The first kappa shape index (κ1) is 4.73. The van der Waals surface area contributed by atoms with E-state index < -0.39 is 0 Å². The van der Waals surface area contributed by atoms with Gasteiger partial charge in [-0.2, -0.15) is 0 Å². The van der Waals surface area contributed by atoms with E-state index in [1.807, 2.05) is 18.6 Å². The van der Waals surface area contributed by atoms with Crippen LogP contribution in [0.25, 0.3) is 0 Å². The van der Waals surface area contributed by atoms with Crippen molar-refractivity contribution in [3.8, 4) is 0 Å². The second-order valence-corrected chi connectivity index (χ2v) is 2.19. The van der Waals surface area contributed by atoms with Gasteiger partial charge in [0.05, 0.1) is 6.04 Å². The van der Waals surface area contributed by atoms with Crippen LogP contribution in [0.4, 0.5) is 0 Å². The number of nitrogens with zero attached hydrogens (tertiary/aromatic N) is 1. The Morgan fingerprint density at radius 2 is 2.44 bits per heavy atom. The Balaban J connectivity index is 2.16. The highest BCUT2D eigenvalue weighted by Crippen LogP contribution is 2.06. The summed E-state index contributed by atoms with van der Waals surface area (Å²) in [5.74, 6) is 0. The van der Waals surface area contributed by atoms with E-state index >= 15 is 0 Å². The third-order valence-electron chi connectivity index (χ3n) is 1.58. The van der Waals surface area contributed by atoms with Crippen LogP contribution in [0.15, 0.2) is 24.7 Å². The van der Waals surface area contributed by atoms with E-state index in [-0.39, 0.29) is 0 Å². The van der Waals surface area contributed by atoms with Gasteiger partial charge in [0.1, 0.15) is 0 Å². The average Bonchev–Trinajstić information content (AvgIpc) is 2.33. The second kappa shape index (κ2) is 1.69. The SMILES string of the molecule is C1=CN2NC=CC2CN1. The molecule has 0 saturated carbocycles. The Labute approximate surface area is 54.0 Å². The zero-order valence-electron chi connectivity index (χ0n) is 5.04. The van der Waals surface area contributed by atoms with Crippen molar-refractivity contribution in [2.75, 3.05) is 6.54 Å². The summed E-state index contributed by atoms with van der Waals surface area (Å²) in [7, 11) is 0. The average molecular weight is 123 g/mol. The van der Waals surface area contributed by atoms with E-state index in [1.165, 1.54) is 0 Å². The molecule has 3 heteroatoms. The molecule has 9 heavy (non-hydrogen) atoms. The third kappa shape index (κ3) is 0.650. The number of hydrogen-bond acceptors (Lipinski definition) is 3. The molecule has 0 radical (unpaired) electrons. The van der Waals surface area contributed by atoms with Crippen molar-refractivity contribution in [1.29, 1.82) is 0 Å². The second-order valence-electron chi connectivity index (χ2n) is 2.19. The highest BCUT2D eigenvalue weighted by atomic mass is 15.5. The van der Waals surface area contributed by atoms with Gasteiger partial charge in [-0.15, -0.1) is 0 Å². The molecule has 2 heterocycles. The van der Waals surface area contributed by atoms with E-state index in [9.17, 15) is 0 Å². The van der Waals surface area contributed by atoms with Crippen molar-refractivity contribution in [3.05, 3.63) is 24.7 Å². The maximum atomic E-state index is 3.14. The van der Waals surface area contributed by atoms with Gasteiger partial charge in [0.25, 0.3) is 0 Å². The minimum atomic E-state index is 0.509. The minimum Gasteiger partial charge on any atom is -0.387 e. The van der Waals surface area contributed by atoms with Gasteiger partial charge in [-0.05, 0) is 6.08 Å². The third-order valence-corrected chi connectivity index (χ3v) is 1.58. The van der Waals surface area contributed by atoms with Crippen LogP contribution in [0.3, 0.4) is 0 Å². The summed E-state index contributed by atoms with van der Waals surface area (Å²) in [5, 5.41) is 5.21.